The van der Waals surface area contributed by atoms with Crippen molar-refractivity contribution in [2.45, 2.75) is 45.6 Å². The van der Waals surface area contributed by atoms with E-state index in [9.17, 15) is 0 Å². The van der Waals surface area contributed by atoms with Gasteiger partial charge in [0.15, 0.2) is 5.65 Å². The molecule has 0 spiro atoms. The normalized spacial score (nSPS) is 14.4. The average Bonchev–Trinajstić information content (AvgIpc) is 3.16. The maximum absolute atomic E-state index is 5.26. The van der Waals surface area contributed by atoms with E-state index in [0.29, 0.717) is 6.54 Å². The van der Waals surface area contributed by atoms with E-state index in [1.807, 2.05) is 29.2 Å². The standard InChI is InChI=1S/C21H29N6O/c1-3-8-18-15-23-27-19(22-14-17-9-7-12-26(16-17)28-2)13-20(24-21(18)27)25-10-5-4-6-11-25/h7,9,12-13,15-16,22H,3-6,8,10-11,14H2,1-2H3/q+1. The summed E-state index contributed by atoms with van der Waals surface area (Å²) in [7, 11) is 1.66. The predicted molar refractivity (Wildman–Crippen MR) is 110 cm³/mol. The van der Waals surface area contributed by atoms with Crippen LogP contribution in [0.4, 0.5) is 11.6 Å². The fourth-order valence-corrected chi connectivity index (χ4v) is 3.76. The third kappa shape index (κ3) is 3.88. The van der Waals surface area contributed by atoms with E-state index in [1.54, 1.807) is 11.8 Å². The molecule has 3 aromatic rings. The van der Waals surface area contributed by atoms with Gasteiger partial charge in [0.05, 0.1) is 6.20 Å². The molecule has 0 bridgehead atoms. The highest BCUT2D eigenvalue weighted by molar-refractivity contribution is 5.61. The number of pyridine rings is 1. The van der Waals surface area contributed by atoms with Gasteiger partial charge in [-0.05, 0) is 31.7 Å². The van der Waals surface area contributed by atoms with E-state index in [0.717, 1.165) is 48.8 Å². The van der Waals surface area contributed by atoms with Crippen LogP contribution in [-0.4, -0.2) is 34.8 Å². The molecule has 0 aliphatic carbocycles. The number of hydrogen-bond acceptors (Lipinski definition) is 5. The zero-order valence-corrected chi connectivity index (χ0v) is 16.8. The lowest BCUT2D eigenvalue weighted by atomic mass is 10.1. The number of nitrogens with one attached hydrogen (secondary N) is 1. The first kappa shape index (κ1) is 18.5. The zero-order valence-electron chi connectivity index (χ0n) is 16.8. The number of fused-ring (bicyclic) bond motifs is 1. The first-order chi connectivity index (χ1) is 13.8. The predicted octanol–water partition coefficient (Wildman–Crippen LogP) is 2.63. The Balaban J connectivity index is 1.66. The molecule has 0 amide bonds. The van der Waals surface area contributed by atoms with Crippen molar-refractivity contribution in [3.63, 3.8) is 0 Å². The molecule has 1 aliphatic rings. The summed E-state index contributed by atoms with van der Waals surface area (Å²) in [6.45, 7) is 5.03. The smallest absolute Gasteiger partial charge is 0.227 e. The van der Waals surface area contributed by atoms with Gasteiger partial charge in [-0.2, -0.15) is 9.61 Å². The Morgan fingerprint density at radius 1 is 1.25 bits per heavy atom. The van der Waals surface area contributed by atoms with E-state index in [1.165, 1.54) is 24.8 Å². The number of nitrogens with zero attached hydrogens (tertiary/aromatic N) is 5. The Morgan fingerprint density at radius 3 is 2.89 bits per heavy atom. The summed E-state index contributed by atoms with van der Waals surface area (Å²) < 4.78 is 3.64. The number of aryl methyl sites for hydroxylation is 1. The SMILES string of the molecule is CCCc1cnn2c(NCc3ccc[n+](OC)c3)cc(N3CCCCC3)nc12. The molecular weight excluding hydrogens is 352 g/mol. The maximum Gasteiger partial charge on any atom is 0.227 e. The number of piperidine rings is 1. The minimum Gasteiger partial charge on any atom is -0.366 e. The number of anilines is 2. The van der Waals surface area contributed by atoms with E-state index in [4.69, 9.17) is 9.82 Å². The average molecular weight is 382 g/mol. The van der Waals surface area contributed by atoms with E-state index < -0.39 is 0 Å². The Morgan fingerprint density at radius 2 is 2.11 bits per heavy atom. The second kappa shape index (κ2) is 8.46. The van der Waals surface area contributed by atoms with Crippen molar-refractivity contribution in [3.05, 3.63) is 47.9 Å². The summed E-state index contributed by atoms with van der Waals surface area (Å²) in [5, 5.41) is 8.17. The summed E-state index contributed by atoms with van der Waals surface area (Å²) in [5.41, 5.74) is 3.31. The van der Waals surface area contributed by atoms with Crippen LogP contribution < -0.4 is 19.8 Å². The number of hydrogen-bond donors (Lipinski definition) is 1. The molecule has 0 aromatic carbocycles. The molecule has 3 aromatic heterocycles. The molecule has 0 atom stereocenters. The Bertz CT molecular complexity index is 932. The molecule has 4 heterocycles. The summed E-state index contributed by atoms with van der Waals surface area (Å²) in [4.78, 5) is 12.6. The minimum atomic E-state index is 0.686. The number of rotatable bonds is 7. The van der Waals surface area contributed by atoms with Gasteiger partial charge in [-0.1, -0.05) is 13.3 Å². The van der Waals surface area contributed by atoms with Crippen molar-refractivity contribution < 1.29 is 9.57 Å². The Labute approximate surface area is 165 Å². The Kier molecular flexibility index (Phi) is 5.60. The molecule has 1 N–H and O–H groups in total. The van der Waals surface area contributed by atoms with Crippen LogP contribution >= 0.6 is 0 Å². The highest BCUT2D eigenvalue weighted by Crippen LogP contribution is 2.25. The Hall–Kier alpha value is -2.83. The third-order valence-corrected chi connectivity index (χ3v) is 5.25. The second-order valence-electron chi connectivity index (χ2n) is 7.31. The van der Waals surface area contributed by atoms with Gasteiger partial charge in [-0.25, -0.2) is 4.98 Å². The molecule has 0 unspecified atom stereocenters. The minimum absolute atomic E-state index is 0.686. The van der Waals surface area contributed by atoms with E-state index >= 15 is 0 Å². The van der Waals surface area contributed by atoms with Crippen molar-refractivity contribution in [2.75, 3.05) is 30.4 Å². The van der Waals surface area contributed by atoms with Gasteiger partial charge in [-0.15, -0.1) is 0 Å². The van der Waals surface area contributed by atoms with Gasteiger partial charge >= 0.3 is 0 Å². The quantitative estimate of drug-likeness (QED) is 0.638. The first-order valence-corrected chi connectivity index (χ1v) is 10.2. The molecule has 7 nitrogen and oxygen atoms in total. The van der Waals surface area contributed by atoms with E-state index in [-0.39, 0.29) is 0 Å². The van der Waals surface area contributed by atoms with Gasteiger partial charge in [0.1, 0.15) is 18.7 Å². The van der Waals surface area contributed by atoms with Crippen molar-refractivity contribution >= 4 is 17.3 Å². The molecule has 1 aliphatic heterocycles. The first-order valence-electron chi connectivity index (χ1n) is 10.2. The summed E-state index contributed by atoms with van der Waals surface area (Å²) >= 11 is 0. The van der Waals surface area contributed by atoms with E-state index in [2.05, 4.69) is 34.4 Å². The molecule has 1 saturated heterocycles. The van der Waals surface area contributed by atoms with Crippen LogP contribution in [0.2, 0.25) is 0 Å². The lowest BCUT2D eigenvalue weighted by molar-refractivity contribution is -0.885. The van der Waals surface area contributed by atoms with Crippen LogP contribution in [0.5, 0.6) is 0 Å². The van der Waals surface area contributed by atoms with Crippen molar-refractivity contribution in [3.8, 4) is 0 Å². The zero-order chi connectivity index (χ0) is 19.3. The van der Waals surface area contributed by atoms with Crippen LogP contribution in [-0.2, 0) is 13.0 Å². The highest BCUT2D eigenvalue weighted by atomic mass is 16.6. The monoisotopic (exact) mass is 381 g/mol. The van der Waals surface area contributed by atoms with Crippen molar-refractivity contribution in [2.24, 2.45) is 0 Å². The number of aromatic nitrogens is 4. The lowest BCUT2D eigenvalue weighted by Crippen LogP contribution is -2.40. The van der Waals surface area contributed by atoms with Crippen molar-refractivity contribution in [1.82, 2.24) is 14.6 Å². The largest absolute Gasteiger partial charge is 0.366 e. The van der Waals surface area contributed by atoms with Crippen LogP contribution in [0, 0.1) is 0 Å². The second-order valence-corrected chi connectivity index (χ2v) is 7.31. The topological polar surface area (TPSA) is 58.6 Å². The van der Waals surface area contributed by atoms with Gasteiger partial charge in [0, 0.05) is 47.6 Å². The molecule has 148 valence electrons. The van der Waals surface area contributed by atoms with Crippen LogP contribution in [0.25, 0.3) is 5.65 Å². The van der Waals surface area contributed by atoms with Gasteiger partial charge in [0.25, 0.3) is 0 Å². The lowest BCUT2D eigenvalue weighted by Gasteiger charge is -2.28. The fraction of sp³-hybridized carbons (Fsp3) is 0.476. The fourth-order valence-electron chi connectivity index (χ4n) is 3.76. The molecule has 0 saturated carbocycles. The van der Waals surface area contributed by atoms with Gasteiger partial charge in [0.2, 0.25) is 12.4 Å². The maximum atomic E-state index is 5.26. The summed E-state index contributed by atoms with van der Waals surface area (Å²) in [6, 6.07) is 6.20. The molecule has 1 fully saturated rings. The molecule has 7 heteroatoms. The summed E-state index contributed by atoms with van der Waals surface area (Å²) in [6.07, 6.45) is 11.7. The molecule has 0 radical (unpaired) electrons. The molecule has 28 heavy (non-hydrogen) atoms. The molecular formula is C21H29N6O+. The van der Waals surface area contributed by atoms with Crippen LogP contribution in [0.3, 0.4) is 0 Å². The van der Waals surface area contributed by atoms with Crippen LogP contribution in [0.1, 0.15) is 43.7 Å². The highest BCUT2D eigenvalue weighted by Gasteiger charge is 2.17. The van der Waals surface area contributed by atoms with Gasteiger partial charge in [-0.3, -0.25) is 4.84 Å². The van der Waals surface area contributed by atoms with Crippen molar-refractivity contribution in [1.29, 1.82) is 0 Å². The third-order valence-electron chi connectivity index (χ3n) is 5.25. The van der Waals surface area contributed by atoms with Gasteiger partial charge < -0.3 is 10.2 Å². The van der Waals surface area contributed by atoms with Crippen LogP contribution in [0.15, 0.2) is 36.8 Å². The molecule has 4 rings (SSSR count). The summed E-state index contributed by atoms with van der Waals surface area (Å²) in [5.74, 6) is 2.02.